The minimum absolute atomic E-state index is 0.00782. The molecule has 2 atom stereocenters. The number of aromatic nitrogens is 1. The zero-order valence-electron chi connectivity index (χ0n) is 16.9. The molecular weight excluding hydrogens is 439 g/mol. The average Bonchev–Trinajstić information content (AvgIpc) is 3.25. The van der Waals surface area contributed by atoms with Gasteiger partial charge in [0.15, 0.2) is 0 Å². The monoisotopic (exact) mass is 458 g/mol. The van der Waals surface area contributed by atoms with E-state index in [1.807, 2.05) is 18.7 Å². The lowest BCUT2D eigenvalue weighted by atomic mass is 10.2. The van der Waals surface area contributed by atoms with Crippen molar-refractivity contribution < 1.29 is 18.3 Å². The van der Waals surface area contributed by atoms with Crippen LogP contribution in [-0.2, 0) is 16.1 Å². The summed E-state index contributed by atoms with van der Waals surface area (Å²) in [6, 6.07) is 7.97. The summed E-state index contributed by atoms with van der Waals surface area (Å²) in [5, 5.41) is 9.50. The molecular formula is C21H19FN4O3S2. The lowest BCUT2D eigenvalue weighted by Crippen LogP contribution is -2.45. The van der Waals surface area contributed by atoms with Crippen molar-refractivity contribution in [3.8, 4) is 6.07 Å². The van der Waals surface area contributed by atoms with E-state index in [-0.39, 0.29) is 42.1 Å². The van der Waals surface area contributed by atoms with Gasteiger partial charge < -0.3 is 14.1 Å². The highest BCUT2D eigenvalue weighted by Gasteiger charge is 2.33. The van der Waals surface area contributed by atoms with Crippen molar-refractivity contribution in [2.24, 2.45) is 0 Å². The molecule has 0 N–H and O–H groups in total. The van der Waals surface area contributed by atoms with Crippen LogP contribution in [0.25, 0.3) is 6.08 Å². The zero-order chi connectivity index (χ0) is 22.1. The Balaban J connectivity index is 1.55. The fourth-order valence-corrected chi connectivity index (χ4v) is 4.76. The number of hydrogen-bond donors (Lipinski definition) is 0. The summed E-state index contributed by atoms with van der Waals surface area (Å²) < 4.78 is 25.1. The normalized spacial score (nSPS) is 23.0. The molecule has 2 aromatic rings. The maximum Gasteiger partial charge on any atom is 0.266 e. The van der Waals surface area contributed by atoms with E-state index in [0.29, 0.717) is 28.2 Å². The van der Waals surface area contributed by atoms with Crippen molar-refractivity contribution in [3.63, 3.8) is 0 Å². The lowest BCUT2D eigenvalue weighted by Gasteiger charge is -2.34. The summed E-state index contributed by atoms with van der Waals surface area (Å²) in [4.78, 5) is 20.8. The van der Waals surface area contributed by atoms with Crippen LogP contribution in [0.5, 0.6) is 0 Å². The number of nitriles is 1. The first-order chi connectivity index (χ1) is 14.8. The third kappa shape index (κ3) is 4.63. The van der Waals surface area contributed by atoms with Crippen molar-refractivity contribution in [2.45, 2.75) is 32.6 Å². The fourth-order valence-electron chi connectivity index (χ4n) is 3.54. The highest BCUT2D eigenvalue weighted by Crippen LogP contribution is 2.34. The number of anilines is 1. The number of benzene rings is 1. The van der Waals surface area contributed by atoms with Gasteiger partial charge in [-0.2, -0.15) is 10.2 Å². The molecule has 0 bridgehead atoms. The Bertz CT molecular complexity index is 1080. The van der Waals surface area contributed by atoms with Gasteiger partial charge in [-0.25, -0.2) is 4.39 Å². The number of rotatable bonds is 4. The molecule has 31 heavy (non-hydrogen) atoms. The van der Waals surface area contributed by atoms with E-state index in [2.05, 4.69) is 11.1 Å². The number of hydrogen-bond acceptors (Lipinski definition) is 8. The van der Waals surface area contributed by atoms with Gasteiger partial charge in [0.05, 0.1) is 23.7 Å². The van der Waals surface area contributed by atoms with Crippen LogP contribution in [0.15, 0.2) is 33.6 Å². The van der Waals surface area contributed by atoms with Gasteiger partial charge in [0.1, 0.15) is 16.2 Å². The maximum absolute atomic E-state index is 13.1. The van der Waals surface area contributed by atoms with E-state index in [9.17, 15) is 14.4 Å². The van der Waals surface area contributed by atoms with Crippen molar-refractivity contribution in [2.75, 3.05) is 18.0 Å². The second-order valence-electron chi connectivity index (χ2n) is 7.37. The molecule has 2 saturated heterocycles. The largest absolute Gasteiger partial charge is 0.420 e. The number of nitrogens with zero attached hydrogens (tertiary/aromatic N) is 4. The van der Waals surface area contributed by atoms with E-state index in [0.717, 1.165) is 17.3 Å². The Kier molecular flexibility index (Phi) is 6.09. The number of carbonyl (C=O) groups is 1. The van der Waals surface area contributed by atoms with Crippen LogP contribution in [0.2, 0.25) is 0 Å². The van der Waals surface area contributed by atoms with Gasteiger partial charge >= 0.3 is 0 Å². The van der Waals surface area contributed by atoms with E-state index < -0.39 is 0 Å². The molecule has 160 valence electrons. The second kappa shape index (κ2) is 8.78. The minimum Gasteiger partial charge on any atom is -0.420 e. The molecule has 2 aliphatic heterocycles. The smallest absolute Gasteiger partial charge is 0.266 e. The predicted octanol–water partition coefficient (Wildman–Crippen LogP) is 3.70. The average molecular weight is 459 g/mol. The molecule has 0 aliphatic carbocycles. The van der Waals surface area contributed by atoms with Gasteiger partial charge in [0, 0.05) is 19.2 Å². The van der Waals surface area contributed by atoms with Crippen LogP contribution in [0.4, 0.5) is 10.3 Å². The van der Waals surface area contributed by atoms with Crippen LogP contribution < -0.4 is 4.90 Å². The quantitative estimate of drug-likeness (QED) is 0.507. The summed E-state index contributed by atoms with van der Waals surface area (Å²) in [7, 11) is 0. The maximum atomic E-state index is 13.1. The number of ether oxygens (including phenoxy) is 1. The summed E-state index contributed by atoms with van der Waals surface area (Å²) in [5.41, 5.74) is 0.925. The van der Waals surface area contributed by atoms with E-state index in [1.165, 1.54) is 23.1 Å². The predicted molar refractivity (Wildman–Crippen MR) is 119 cm³/mol. The molecule has 1 amide bonds. The molecule has 0 saturated carbocycles. The lowest BCUT2D eigenvalue weighted by molar-refractivity contribution is -0.122. The summed E-state index contributed by atoms with van der Waals surface area (Å²) >= 11 is 6.48. The van der Waals surface area contributed by atoms with E-state index in [1.54, 1.807) is 12.1 Å². The molecule has 4 rings (SSSR count). The van der Waals surface area contributed by atoms with Gasteiger partial charge in [-0.05, 0) is 31.5 Å². The summed E-state index contributed by atoms with van der Waals surface area (Å²) in [5.74, 6) is -0.0875. The van der Waals surface area contributed by atoms with E-state index in [4.69, 9.17) is 21.4 Å². The Morgan fingerprint density at radius 3 is 2.65 bits per heavy atom. The fraction of sp³-hybridized carbons (Fsp3) is 0.333. The first kappa shape index (κ1) is 21.5. The molecule has 1 aromatic carbocycles. The zero-order valence-corrected chi connectivity index (χ0v) is 18.5. The molecule has 3 heterocycles. The molecule has 0 spiro atoms. The number of oxazole rings is 1. The molecule has 1 aromatic heterocycles. The van der Waals surface area contributed by atoms with Crippen molar-refractivity contribution in [1.29, 1.82) is 5.26 Å². The molecule has 7 nitrogen and oxygen atoms in total. The number of morpholine rings is 1. The first-order valence-electron chi connectivity index (χ1n) is 9.65. The number of thioether (sulfide) groups is 1. The van der Waals surface area contributed by atoms with Crippen LogP contribution in [0, 0.1) is 17.1 Å². The molecule has 2 aliphatic rings. The van der Waals surface area contributed by atoms with E-state index >= 15 is 0 Å². The van der Waals surface area contributed by atoms with Gasteiger partial charge in [-0.1, -0.05) is 36.1 Å². The Labute approximate surface area is 188 Å². The SMILES string of the molecule is C[C@H]1CN(c2oc(/C=C3/SC(=S)N(Cc4ccc(F)cc4)C3=O)nc2C#N)C[C@H](C)O1. The van der Waals surface area contributed by atoms with Crippen molar-refractivity contribution in [3.05, 3.63) is 52.1 Å². The number of carbonyl (C=O) groups excluding carboxylic acids is 1. The van der Waals surface area contributed by atoms with Crippen LogP contribution in [-0.4, -0.2) is 45.4 Å². The minimum atomic E-state index is -0.342. The Morgan fingerprint density at radius 1 is 1.32 bits per heavy atom. The number of amides is 1. The first-order valence-corrected chi connectivity index (χ1v) is 10.9. The Morgan fingerprint density at radius 2 is 2.00 bits per heavy atom. The number of halogens is 1. The number of thiocarbonyl (C=S) groups is 1. The third-order valence-corrected chi connectivity index (χ3v) is 6.20. The summed E-state index contributed by atoms with van der Waals surface area (Å²) in [6.07, 6.45) is 1.49. The third-order valence-electron chi connectivity index (χ3n) is 4.82. The van der Waals surface area contributed by atoms with Gasteiger partial charge in [0.2, 0.25) is 17.5 Å². The van der Waals surface area contributed by atoms with Crippen LogP contribution in [0.1, 0.15) is 31.0 Å². The topological polar surface area (TPSA) is 82.6 Å². The highest BCUT2D eigenvalue weighted by molar-refractivity contribution is 8.26. The molecule has 0 radical (unpaired) electrons. The second-order valence-corrected chi connectivity index (χ2v) is 9.05. The standard InChI is InChI=1S/C21H19FN4O3S2/c1-12-9-25(10-13(2)28-12)20-16(8-23)24-18(29-20)7-17-19(27)26(21(30)31-17)11-14-3-5-15(22)6-4-14/h3-7,12-13H,9-11H2,1-2H3/b17-7+/t12-,13-/m0/s1. The van der Waals surface area contributed by atoms with Crippen molar-refractivity contribution >= 4 is 46.2 Å². The molecule has 2 fully saturated rings. The van der Waals surface area contributed by atoms with Gasteiger partial charge in [-0.3, -0.25) is 9.69 Å². The molecule has 10 heteroatoms. The highest BCUT2D eigenvalue weighted by atomic mass is 32.2. The summed E-state index contributed by atoms with van der Waals surface area (Å²) in [6.45, 7) is 5.31. The Hall–Kier alpha value is -2.74. The molecule has 0 unspecified atom stereocenters. The van der Waals surface area contributed by atoms with Crippen molar-refractivity contribution in [1.82, 2.24) is 9.88 Å². The van der Waals surface area contributed by atoms with Gasteiger partial charge in [-0.15, -0.1) is 0 Å². The van der Waals surface area contributed by atoms with Crippen LogP contribution >= 0.6 is 24.0 Å². The van der Waals surface area contributed by atoms with Gasteiger partial charge in [0.25, 0.3) is 5.91 Å². The van der Waals surface area contributed by atoms with Crippen LogP contribution in [0.3, 0.4) is 0 Å².